The first-order valence-electron chi connectivity index (χ1n) is 7.38. The van der Waals surface area contributed by atoms with E-state index < -0.39 is 0 Å². The Labute approximate surface area is 128 Å². The fourth-order valence-electron chi connectivity index (χ4n) is 2.93. The Morgan fingerprint density at radius 2 is 2.05 bits per heavy atom. The van der Waals surface area contributed by atoms with Gasteiger partial charge in [-0.15, -0.1) is 0 Å². The van der Waals surface area contributed by atoms with E-state index in [1.807, 2.05) is 12.1 Å². The van der Waals surface area contributed by atoms with E-state index in [4.69, 9.17) is 4.42 Å². The van der Waals surface area contributed by atoms with Gasteiger partial charge in [-0.05, 0) is 77.0 Å². The van der Waals surface area contributed by atoms with Crippen LogP contribution in [0.4, 0.5) is 0 Å². The molecule has 0 radical (unpaired) electrons. The minimum Gasteiger partial charge on any atom is -0.452 e. The van der Waals surface area contributed by atoms with Crippen LogP contribution in [0.15, 0.2) is 39.4 Å². The van der Waals surface area contributed by atoms with Gasteiger partial charge in [-0.3, -0.25) is 0 Å². The Hall–Kier alpha value is -1.06. The molecule has 3 heteroatoms. The number of aryl methyl sites for hydroxylation is 2. The van der Waals surface area contributed by atoms with Gasteiger partial charge in [0.05, 0.1) is 6.04 Å². The van der Waals surface area contributed by atoms with Gasteiger partial charge in [0, 0.05) is 0 Å². The highest BCUT2D eigenvalue weighted by atomic mass is 79.9. The Balaban J connectivity index is 1.92. The summed E-state index contributed by atoms with van der Waals surface area (Å²) >= 11 is 3.40. The number of furan rings is 1. The van der Waals surface area contributed by atoms with Crippen molar-refractivity contribution in [2.24, 2.45) is 0 Å². The van der Waals surface area contributed by atoms with Crippen LogP contribution in [0, 0.1) is 0 Å². The lowest BCUT2D eigenvalue weighted by Crippen LogP contribution is -2.22. The number of benzene rings is 1. The number of hydrogen-bond acceptors (Lipinski definition) is 2. The lowest BCUT2D eigenvalue weighted by molar-refractivity contribution is 0.433. The molecule has 0 spiro atoms. The maximum Gasteiger partial charge on any atom is 0.169 e. The molecule has 1 heterocycles. The maximum absolute atomic E-state index is 5.77. The second-order valence-electron chi connectivity index (χ2n) is 5.41. The summed E-state index contributed by atoms with van der Waals surface area (Å²) in [6.07, 6.45) is 4.85. The van der Waals surface area contributed by atoms with E-state index in [1.165, 1.54) is 36.0 Å². The second-order valence-corrected chi connectivity index (χ2v) is 6.19. The number of hydrogen-bond donors (Lipinski definition) is 1. The molecule has 1 unspecified atom stereocenters. The standard InChI is InChI=1S/C17H20BrNO/c1-2-10-19-17(15-8-9-16(18)20-15)14-7-6-12-4-3-5-13(12)11-14/h6-9,11,17,19H,2-5,10H2,1H3. The molecule has 1 atom stereocenters. The number of fused-ring (bicyclic) bond motifs is 1. The monoisotopic (exact) mass is 333 g/mol. The van der Waals surface area contributed by atoms with Crippen LogP contribution in [0.1, 0.15) is 48.3 Å². The number of rotatable bonds is 5. The highest BCUT2D eigenvalue weighted by molar-refractivity contribution is 9.10. The molecule has 1 aromatic carbocycles. The summed E-state index contributed by atoms with van der Waals surface area (Å²) in [5.41, 5.74) is 4.33. The molecule has 1 aliphatic rings. The van der Waals surface area contributed by atoms with Gasteiger partial charge < -0.3 is 9.73 Å². The normalized spacial score (nSPS) is 15.3. The SMILES string of the molecule is CCCNC(c1ccc2c(c1)CCC2)c1ccc(Br)o1. The predicted molar refractivity (Wildman–Crippen MR) is 85.0 cm³/mol. The average Bonchev–Trinajstić information content (AvgIpc) is 3.07. The van der Waals surface area contributed by atoms with Crippen molar-refractivity contribution in [1.29, 1.82) is 0 Å². The largest absolute Gasteiger partial charge is 0.452 e. The Morgan fingerprint density at radius 1 is 1.20 bits per heavy atom. The van der Waals surface area contributed by atoms with Crippen molar-refractivity contribution in [3.05, 3.63) is 57.5 Å². The van der Waals surface area contributed by atoms with Crippen molar-refractivity contribution in [2.45, 2.75) is 38.6 Å². The first-order valence-corrected chi connectivity index (χ1v) is 8.17. The molecule has 0 bridgehead atoms. The Morgan fingerprint density at radius 3 is 2.80 bits per heavy atom. The van der Waals surface area contributed by atoms with E-state index in [0.29, 0.717) is 0 Å². The van der Waals surface area contributed by atoms with Gasteiger partial charge in [-0.1, -0.05) is 25.1 Å². The van der Waals surface area contributed by atoms with Crippen molar-refractivity contribution in [3.63, 3.8) is 0 Å². The first-order chi connectivity index (χ1) is 9.78. The van der Waals surface area contributed by atoms with Crippen molar-refractivity contribution in [1.82, 2.24) is 5.32 Å². The van der Waals surface area contributed by atoms with Crippen LogP contribution in [0.25, 0.3) is 0 Å². The molecule has 0 saturated carbocycles. The van der Waals surface area contributed by atoms with Gasteiger partial charge in [0.1, 0.15) is 5.76 Å². The number of halogens is 1. The second kappa shape index (κ2) is 6.15. The van der Waals surface area contributed by atoms with Crippen LogP contribution in [-0.2, 0) is 12.8 Å². The average molecular weight is 334 g/mol. The zero-order valence-electron chi connectivity index (χ0n) is 11.8. The minimum atomic E-state index is 0.146. The molecular weight excluding hydrogens is 314 g/mol. The lowest BCUT2D eigenvalue weighted by Gasteiger charge is -2.18. The summed E-state index contributed by atoms with van der Waals surface area (Å²) < 4.78 is 6.56. The quantitative estimate of drug-likeness (QED) is 0.863. The fraction of sp³-hybridized carbons (Fsp3) is 0.412. The smallest absolute Gasteiger partial charge is 0.169 e. The third-order valence-electron chi connectivity index (χ3n) is 3.93. The molecule has 0 amide bonds. The lowest BCUT2D eigenvalue weighted by atomic mass is 9.99. The van der Waals surface area contributed by atoms with E-state index >= 15 is 0 Å². The molecular formula is C17H20BrNO. The van der Waals surface area contributed by atoms with Gasteiger partial charge in [-0.2, -0.15) is 0 Å². The minimum absolute atomic E-state index is 0.146. The van der Waals surface area contributed by atoms with Crippen molar-refractivity contribution < 1.29 is 4.42 Å². The van der Waals surface area contributed by atoms with E-state index in [9.17, 15) is 0 Å². The zero-order valence-corrected chi connectivity index (χ0v) is 13.4. The highest BCUT2D eigenvalue weighted by Gasteiger charge is 2.19. The molecule has 0 fully saturated rings. The summed E-state index contributed by atoms with van der Waals surface area (Å²) in [5.74, 6) is 0.975. The Bertz CT molecular complexity index is 590. The van der Waals surface area contributed by atoms with Crippen LogP contribution < -0.4 is 5.32 Å². The molecule has 2 nitrogen and oxygen atoms in total. The van der Waals surface area contributed by atoms with Gasteiger partial charge in [0.25, 0.3) is 0 Å². The molecule has 0 aliphatic heterocycles. The van der Waals surface area contributed by atoms with E-state index in [1.54, 1.807) is 0 Å². The highest BCUT2D eigenvalue weighted by Crippen LogP contribution is 2.30. The van der Waals surface area contributed by atoms with E-state index in [2.05, 4.69) is 46.4 Å². The Kier molecular flexibility index (Phi) is 4.27. The molecule has 1 aliphatic carbocycles. The van der Waals surface area contributed by atoms with E-state index in [-0.39, 0.29) is 6.04 Å². The van der Waals surface area contributed by atoms with Crippen LogP contribution in [0.2, 0.25) is 0 Å². The molecule has 20 heavy (non-hydrogen) atoms. The fourth-order valence-corrected chi connectivity index (χ4v) is 3.25. The maximum atomic E-state index is 5.77. The van der Waals surface area contributed by atoms with Crippen LogP contribution >= 0.6 is 15.9 Å². The predicted octanol–water partition coefficient (Wildman–Crippen LogP) is 4.62. The molecule has 1 N–H and O–H groups in total. The van der Waals surface area contributed by atoms with Gasteiger partial charge >= 0.3 is 0 Å². The summed E-state index contributed by atoms with van der Waals surface area (Å²) in [7, 11) is 0. The van der Waals surface area contributed by atoms with Crippen molar-refractivity contribution in [2.75, 3.05) is 6.54 Å². The molecule has 2 aromatic rings. The van der Waals surface area contributed by atoms with Crippen LogP contribution in [0.5, 0.6) is 0 Å². The van der Waals surface area contributed by atoms with Crippen molar-refractivity contribution in [3.8, 4) is 0 Å². The van der Waals surface area contributed by atoms with Crippen LogP contribution in [0.3, 0.4) is 0 Å². The topological polar surface area (TPSA) is 25.2 Å². The molecule has 106 valence electrons. The van der Waals surface area contributed by atoms with Gasteiger partial charge in [0.2, 0.25) is 0 Å². The summed E-state index contributed by atoms with van der Waals surface area (Å²) in [5, 5.41) is 3.59. The summed E-state index contributed by atoms with van der Waals surface area (Å²) in [4.78, 5) is 0. The zero-order chi connectivity index (χ0) is 13.9. The molecule has 1 aromatic heterocycles. The third-order valence-corrected chi connectivity index (χ3v) is 4.36. The number of nitrogens with one attached hydrogen (secondary N) is 1. The van der Waals surface area contributed by atoms with E-state index in [0.717, 1.165) is 23.4 Å². The molecule has 0 saturated heterocycles. The van der Waals surface area contributed by atoms with Crippen LogP contribution in [-0.4, -0.2) is 6.54 Å². The summed E-state index contributed by atoms with van der Waals surface area (Å²) in [6, 6.07) is 11.0. The third kappa shape index (κ3) is 2.84. The van der Waals surface area contributed by atoms with Gasteiger partial charge in [0.15, 0.2) is 4.67 Å². The molecule has 3 rings (SSSR count). The van der Waals surface area contributed by atoms with Crippen molar-refractivity contribution >= 4 is 15.9 Å². The summed E-state index contributed by atoms with van der Waals surface area (Å²) in [6.45, 7) is 3.17. The first kappa shape index (κ1) is 13.9. The van der Waals surface area contributed by atoms with Gasteiger partial charge in [-0.25, -0.2) is 0 Å².